The van der Waals surface area contributed by atoms with Gasteiger partial charge in [0.05, 0.1) is 5.69 Å². The zero-order valence-electron chi connectivity index (χ0n) is 10.7. The highest BCUT2D eigenvalue weighted by Crippen LogP contribution is 2.15. The molecule has 0 aliphatic carbocycles. The predicted octanol–water partition coefficient (Wildman–Crippen LogP) is 1.71. The van der Waals surface area contributed by atoms with Crippen molar-refractivity contribution in [3.05, 3.63) is 30.9 Å². The van der Waals surface area contributed by atoms with Crippen LogP contribution in [0.2, 0.25) is 0 Å². The summed E-state index contributed by atoms with van der Waals surface area (Å²) >= 11 is 0. The van der Waals surface area contributed by atoms with Crippen LogP contribution in [-0.4, -0.2) is 34.1 Å². The van der Waals surface area contributed by atoms with Gasteiger partial charge in [-0.15, -0.1) is 0 Å². The van der Waals surface area contributed by atoms with Crippen molar-refractivity contribution in [1.82, 2.24) is 20.3 Å². The Bertz CT molecular complexity index is 504. The van der Waals surface area contributed by atoms with E-state index in [2.05, 4.69) is 30.9 Å². The second-order valence-corrected chi connectivity index (χ2v) is 4.69. The Morgan fingerprint density at radius 3 is 3.05 bits per heavy atom. The Hall–Kier alpha value is -2.08. The first-order chi connectivity index (χ1) is 9.40. The third kappa shape index (κ3) is 3.23. The van der Waals surface area contributed by atoms with Gasteiger partial charge in [-0.3, -0.25) is 0 Å². The van der Waals surface area contributed by atoms with E-state index in [4.69, 9.17) is 0 Å². The summed E-state index contributed by atoms with van der Waals surface area (Å²) in [5.74, 6) is 1.64. The maximum absolute atomic E-state index is 4.23. The lowest BCUT2D eigenvalue weighted by atomic mass is 10.2. The molecule has 0 aromatic carbocycles. The number of hydrogen-bond acceptors (Lipinski definition) is 5. The van der Waals surface area contributed by atoms with Crippen molar-refractivity contribution in [2.45, 2.75) is 18.9 Å². The number of H-pyrrole nitrogens is 1. The Morgan fingerprint density at radius 1 is 1.32 bits per heavy atom. The molecule has 100 valence electrons. The molecule has 0 bridgehead atoms. The molecule has 0 spiro atoms. The Labute approximate surface area is 112 Å². The molecule has 19 heavy (non-hydrogen) atoms. The van der Waals surface area contributed by atoms with Crippen molar-refractivity contribution in [1.29, 1.82) is 0 Å². The van der Waals surface area contributed by atoms with Crippen molar-refractivity contribution < 1.29 is 0 Å². The third-order valence-electron chi connectivity index (χ3n) is 3.23. The van der Waals surface area contributed by atoms with Gasteiger partial charge in [-0.1, -0.05) is 0 Å². The Morgan fingerprint density at radius 2 is 2.26 bits per heavy atom. The summed E-state index contributed by atoms with van der Waals surface area (Å²) in [6, 6.07) is 4.43. The molecule has 2 aromatic heterocycles. The summed E-state index contributed by atoms with van der Waals surface area (Å²) in [6.45, 7) is 2.02. The first-order valence-corrected chi connectivity index (χ1v) is 6.59. The fourth-order valence-corrected chi connectivity index (χ4v) is 2.23. The minimum atomic E-state index is 0.552. The lowest BCUT2D eigenvalue weighted by Crippen LogP contribution is -2.29. The van der Waals surface area contributed by atoms with Crippen LogP contribution in [0.5, 0.6) is 0 Å². The molecular formula is C13H18N6. The largest absolute Gasteiger partial charge is 0.368 e. The highest BCUT2D eigenvalue weighted by atomic mass is 15.1. The van der Waals surface area contributed by atoms with E-state index in [1.54, 1.807) is 6.33 Å². The predicted molar refractivity (Wildman–Crippen MR) is 75.6 cm³/mol. The van der Waals surface area contributed by atoms with E-state index in [1.165, 1.54) is 12.8 Å². The molecule has 2 aromatic rings. The molecule has 1 saturated heterocycles. The van der Waals surface area contributed by atoms with Gasteiger partial charge in [-0.25, -0.2) is 9.97 Å². The fourth-order valence-electron chi connectivity index (χ4n) is 2.23. The molecule has 0 saturated carbocycles. The number of rotatable bonds is 5. The highest BCUT2D eigenvalue weighted by Gasteiger charge is 2.13. The van der Waals surface area contributed by atoms with Crippen molar-refractivity contribution in [2.24, 2.45) is 0 Å². The van der Waals surface area contributed by atoms with E-state index in [0.29, 0.717) is 6.04 Å². The van der Waals surface area contributed by atoms with Crippen LogP contribution in [-0.2, 0) is 0 Å². The zero-order valence-corrected chi connectivity index (χ0v) is 10.7. The molecule has 1 aliphatic rings. The minimum Gasteiger partial charge on any atom is -0.368 e. The van der Waals surface area contributed by atoms with E-state index < -0.39 is 0 Å². The van der Waals surface area contributed by atoms with Crippen LogP contribution >= 0.6 is 0 Å². The maximum Gasteiger partial charge on any atom is 0.135 e. The zero-order chi connectivity index (χ0) is 12.9. The summed E-state index contributed by atoms with van der Waals surface area (Å²) in [7, 11) is 0. The summed E-state index contributed by atoms with van der Waals surface area (Å²) in [5.41, 5.74) is 0.988. The quantitative estimate of drug-likeness (QED) is 0.657. The summed E-state index contributed by atoms with van der Waals surface area (Å²) < 4.78 is 0. The van der Waals surface area contributed by atoms with Gasteiger partial charge in [0.2, 0.25) is 0 Å². The number of aromatic amines is 1. The second kappa shape index (κ2) is 5.71. The van der Waals surface area contributed by atoms with Crippen molar-refractivity contribution in [3.63, 3.8) is 0 Å². The lowest BCUT2D eigenvalue weighted by molar-refractivity contribution is 0.632. The summed E-state index contributed by atoms with van der Waals surface area (Å²) in [4.78, 5) is 11.4. The van der Waals surface area contributed by atoms with Gasteiger partial charge in [0.25, 0.3) is 0 Å². The molecule has 6 nitrogen and oxygen atoms in total. The van der Waals surface area contributed by atoms with E-state index in [-0.39, 0.29) is 0 Å². The Kier molecular flexibility index (Phi) is 3.60. The number of hydrogen-bond donors (Lipinski definition) is 4. The van der Waals surface area contributed by atoms with E-state index in [9.17, 15) is 0 Å². The van der Waals surface area contributed by atoms with Gasteiger partial charge in [-0.05, 0) is 25.5 Å². The average Bonchev–Trinajstić information content (AvgIpc) is 3.10. The average molecular weight is 258 g/mol. The Balaban J connectivity index is 1.59. The van der Waals surface area contributed by atoms with Gasteiger partial charge >= 0.3 is 0 Å². The van der Waals surface area contributed by atoms with Crippen LogP contribution in [0.3, 0.4) is 0 Å². The molecule has 1 unspecified atom stereocenters. The lowest BCUT2D eigenvalue weighted by Gasteiger charge is -2.12. The molecular weight excluding hydrogens is 240 g/mol. The molecule has 3 rings (SSSR count). The second-order valence-electron chi connectivity index (χ2n) is 4.69. The van der Waals surface area contributed by atoms with Crippen LogP contribution in [0, 0.1) is 0 Å². The topological polar surface area (TPSA) is 77.7 Å². The van der Waals surface area contributed by atoms with Gasteiger partial charge in [0, 0.05) is 31.0 Å². The standard InChI is InChI=1S/C13H18N6/c1-2-10(15-4-1)8-16-12-6-13(18-9-17-12)19-11-3-5-14-7-11/h3,5-7,9-10,14-15H,1-2,4,8H2,(H2,16,17,18,19). The highest BCUT2D eigenvalue weighted by molar-refractivity contribution is 5.57. The molecule has 4 N–H and O–H groups in total. The molecule has 0 radical (unpaired) electrons. The summed E-state index contributed by atoms with van der Waals surface area (Å²) in [6.07, 6.45) is 7.81. The van der Waals surface area contributed by atoms with Crippen LogP contribution in [0.15, 0.2) is 30.9 Å². The van der Waals surface area contributed by atoms with Crippen LogP contribution in [0.25, 0.3) is 0 Å². The first-order valence-electron chi connectivity index (χ1n) is 6.59. The maximum atomic E-state index is 4.23. The molecule has 1 fully saturated rings. The van der Waals surface area contributed by atoms with E-state index in [1.807, 2.05) is 24.5 Å². The van der Waals surface area contributed by atoms with Crippen LogP contribution < -0.4 is 16.0 Å². The number of anilines is 3. The molecule has 0 amide bonds. The van der Waals surface area contributed by atoms with Crippen molar-refractivity contribution >= 4 is 17.3 Å². The fraction of sp³-hybridized carbons (Fsp3) is 0.385. The smallest absolute Gasteiger partial charge is 0.135 e. The summed E-state index contributed by atoms with van der Waals surface area (Å²) in [5, 5.41) is 10.0. The normalized spacial score (nSPS) is 18.4. The van der Waals surface area contributed by atoms with Gasteiger partial charge in [-0.2, -0.15) is 0 Å². The molecule has 3 heterocycles. The molecule has 6 heteroatoms. The SMILES string of the molecule is c1nc(NCC2CCCN2)cc(Nc2cc[nH]c2)n1. The van der Waals surface area contributed by atoms with Crippen LogP contribution in [0.4, 0.5) is 17.3 Å². The van der Waals surface area contributed by atoms with E-state index >= 15 is 0 Å². The minimum absolute atomic E-state index is 0.552. The number of nitrogens with one attached hydrogen (secondary N) is 4. The third-order valence-corrected chi connectivity index (χ3v) is 3.23. The van der Waals surface area contributed by atoms with Crippen molar-refractivity contribution in [2.75, 3.05) is 23.7 Å². The monoisotopic (exact) mass is 258 g/mol. The van der Waals surface area contributed by atoms with Gasteiger partial charge < -0.3 is 20.9 Å². The van der Waals surface area contributed by atoms with Crippen molar-refractivity contribution in [3.8, 4) is 0 Å². The van der Waals surface area contributed by atoms with E-state index in [0.717, 1.165) is 30.4 Å². The first kappa shape index (κ1) is 12.0. The number of nitrogens with zero attached hydrogens (tertiary/aromatic N) is 2. The van der Waals surface area contributed by atoms with Gasteiger partial charge in [0.15, 0.2) is 0 Å². The molecule has 1 atom stereocenters. The van der Waals surface area contributed by atoms with Crippen LogP contribution in [0.1, 0.15) is 12.8 Å². The van der Waals surface area contributed by atoms with Gasteiger partial charge in [0.1, 0.15) is 18.0 Å². The number of aromatic nitrogens is 3. The molecule has 1 aliphatic heterocycles.